The minimum atomic E-state index is 0.782. The summed E-state index contributed by atoms with van der Waals surface area (Å²) in [6.45, 7) is 0.782. The maximum absolute atomic E-state index is 5.45. The summed E-state index contributed by atoms with van der Waals surface area (Å²) in [7, 11) is 0. The maximum Gasteiger partial charge on any atom is 0.105 e. The average molecular weight is 207 g/mol. The van der Waals surface area contributed by atoms with Gasteiger partial charge in [-0.25, -0.2) is 0 Å². The molecule has 2 rings (SSSR count). The van der Waals surface area contributed by atoms with Crippen molar-refractivity contribution in [1.29, 1.82) is 0 Å². The smallest absolute Gasteiger partial charge is 0.105 e. The molecule has 1 aromatic carbocycles. The molecule has 0 fully saturated rings. The van der Waals surface area contributed by atoms with Crippen LogP contribution >= 0.6 is 11.5 Å². The lowest BCUT2D eigenvalue weighted by Gasteiger charge is -1.99. The second-order valence-electron chi connectivity index (χ2n) is 3.32. The van der Waals surface area contributed by atoms with Gasteiger partial charge in [-0.15, -0.1) is 5.10 Å². The first-order valence-electron chi connectivity index (χ1n) is 4.81. The van der Waals surface area contributed by atoms with E-state index in [0.717, 1.165) is 31.3 Å². The second kappa shape index (κ2) is 4.48. The number of benzene rings is 1. The molecule has 0 saturated heterocycles. The van der Waals surface area contributed by atoms with Gasteiger partial charge in [-0.1, -0.05) is 10.6 Å². The lowest BCUT2D eigenvalue weighted by Crippen LogP contribution is -1.98. The van der Waals surface area contributed by atoms with Gasteiger partial charge in [0.25, 0.3) is 0 Å². The highest BCUT2D eigenvalue weighted by atomic mass is 32.1. The monoisotopic (exact) mass is 207 g/mol. The SMILES string of the molecule is NCCCCc1ccc2nnsc2c1. The fraction of sp³-hybridized carbons (Fsp3) is 0.400. The number of hydrogen-bond donors (Lipinski definition) is 1. The van der Waals surface area contributed by atoms with Crippen LogP contribution in [0.25, 0.3) is 10.2 Å². The summed E-state index contributed by atoms with van der Waals surface area (Å²) in [5.74, 6) is 0. The van der Waals surface area contributed by atoms with E-state index in [1.165, 1.54) is 21.8 Å². The number of hydrogen-bond acceptors (Lipinski definition) is 4. The van der Waals surface area contributed by atoms with Crippen molar-refractivity contribution in [3.63, 3.8) is 0 Å². The lowest BCUT2D eigenvalue weighted by atomic mass is 10.1. The van der Waals surface area contributed by atoms with Gasteiger partial charge >= 0.3 is 0 Å². The van der Waals surface area contributed by atoms with E-state index in [1.54, 1.807) is 0 Å². The van der Waals surface area contributed by atoms with Crippen LogP contribution in [0.2, 0.25) is 0 Å². The van der Waals surface area contributed by atoms with Crippen LogP contribution in [0.4, 0.5) is 0 Å². The largest absolute Gasteiger partial charge is 0.330 e. The Labute approximate surface area is 87.1 Å². The topological polar surface area (TPSA) is 51.8 Å². The molecule has 4 heteroatoms. The molecule has 2 aromatic rings. The zero-order valence-corrected chi connectivity index (χ0v) is 8.76. The molecule has 2 N–H and O–H groups in total. The van der Waals surface area contributed by atoms with Crippen molar-refractivity contribution in [2.24, 2.45) is 5.73 Å². The van der Waals surface area contributed by atoms with Gasteiger partial charge in [0.05, 0.1) is 4.70 Å². The Kier molecular flexibility index (Phi) is 3.06. The van der Waals surface area contributed by atoms with Crippen LogP contribution in [0.3, 0.4) is 0 Å². The Morgan fingerprint density at radius 1 is 1.29 bits per heavy atom. The first kappa shape index (κ1) is 9.55. The number of fused-ring (bicyclic) bond motifs is 1. The highest BCUT2D eigenvalue weighted by Crippen LogP contribution is 2.17. The van der Waals surface area contributed by atoms with Gasteiger partial charge in [0.15, 0.2) is 0 Å². The van der Waals surface area contributed by atoms with E-state index >= 15 is 0 Å². The quantitative estimate of drug-likeness (QED) is 0.780. The fourth-order valence-electron chi connectivity index (χ4n) is 1.45. The van der Waals surface area contributed by atoms with Crippen molar-refractivity contribution < 1.29 is 0 Å². The van der Waals surface area contributed by atoms with Crippen molar-refractivity contribution in [1.82, 2.24) is 9.59 Å². The van der Waals surface area contributed by atoms with E-state index in [2.05, 4.69) is 21.7 Å². The first-order valence-corrected chi connectivity index (χ1v) is 5.58. The van der Waals surface area contributed by atoms with Crippen LogP contribution in [-0.4, -0.2) is 16.1 Å². The van der Waals surface area contributed by atoms with E-state index in [1.807, 2.05) is 6.07 Å². The molecule has 0 atom stereocenters. The van der Waals surface area contributed by atoms with Crippen LogP contribution in [0.5, 0.6) is 0 Å². The van der Waals surface area contributed by atoms with Gasteiger partial charge in [0.1, 0.15) is 5.52 Å². The van der Waals surface area contributed by atoms with Crippen molar-refractivity contribution in [2.75, 3.05) is 6.54 Å². The Hall–Kier alpha value is -1.00. The van der Waals surface area contributed by atoms with Gasteiger partial charge in [-0.3, -0.25) is 0 Å². The molecular formula is C10H13N3S. The molecule has 0 aliphatic carbocycles. The van der Waals surface area contributed by atoms with Gasteiger partial charge in [0, 0.05) is 0 Å². The Balaban J connectivity index is 2.10. The zero-order valence-electron chi connectivity index (χ0n) is 7.94. The maximum atomic E-state index is 5.45. The molecule has 0 amide bonds. The molecule has 0 unspecified atom stereocenters. The predicted molar refractivity (Wildman–Crippen MR) is 59.4 cm³/mol. The van der Waals surface area contributed by atoms with Gasteiger partial charge in [-0.05, 0) is 55.0 Å². The van der Waals surface area contributed by atoms with Crippen molar-refractivity contribution in [3.05, 3.63) is 23.8 Å². The van der Waals surface area contributed by atoms with Crippen molar-refractivity contribution >= 4 is 21.7 Å². The molecule has 3 nitrogen and oxygen atoms in total. The normalized spacial score (nSPS) is 10.9. The highest BCUT2D eigenvalue weighted by Gasteiger charge is 1.99. The third-order valence-corrected chi connectivity index (χ3v) is 2.92. The molecule has 0 saturated carbocycles. The Bertz CT molecular complexity index is 410. The molecule has 0 bridgehead atoms. The predicted octanol–water partition coefficient (Wildman–Crippen LogP) is 1.97. The summed E-state index contributed by atoms with van der Waals surface area (Å²) in [6, 6.07) is 6.34. The third-order valence-electron chi connectivity index (χ3n) is 2.23. The van der Waals surface area contributed by atoms with Gasteiger partial charge in [0.2, 0.25) is 0 Å². The molecule has 1 heterocycles. The Morgan fingerprint density at radius 3 is 3.07 bits per heavy atom. The number of aryl methyl sites for hydroxylation is 1. The van der Waals surface area contributed by atoms with E-state index in [-0.39, 0.29) is 0 Å². The van der Waals surface area contributed by atoms with E-state index in [0.29, 0.717) is 0 Å². The van der Waals surface area contributed by atoms with E-state index in [9.17, 15) is 0 Å². The molecule has 74 valence electrons. The Morgan fingerprint density at radius 2 is 2.21 bits per heavy atom. The number of rotatable bonds is 4. The fourth-order valence-corrected chi connectivity index (χ4v) is 2.07. The third kappa shape index (κ3) is 2.08. The molecule has 0 radical (unpaired) electrons. The molecule has 0 aliphatic heterocycles. The minimum absolute atomic E-state index is 0.782. The van der Waals surface area contributed by atoms with Crippen LogP contribution in [-0.2, 0) is 6.42 Å². The van der Waals surface area contributed by atoms with E-state index in [4.69, 9.17) is 5.73 Å². The second-order valence-corrected chi connectivity index (χ2v) is 4.11. The molecular weight excluding hydrogens is 194 g/mol. The molecule has 0 aliphatic rings. The van der Waals surface area contributed by atoms with Crippen molar-refractivity contribution in [3.8, 4) is 0 Å². The molecule has 1 aromatic heterocycles. The number of aromatic nitrogens is 2. The first-order chi connectivity index (χ1) is 6.90. The lowest BCUT2D eigenvalue weighted by molar-refractivity contribution is 0.745. The van der Waals surface area contributed by atoms with Crippen LogP contribution in [0.15, 0.2) is 18.2 Å². The highest BCUT2D eigenvalue weighted by molar-refractivity contribution is 7.12. The number of nitrogens with zero attached hydrogens (tertiary/aromatic N) is 2. The summed E-state index contributed by atoms with van der Waals surface area (Å²) in [5, 5.41) is 4.00. The number of unbranched alkanes of at least 4 members (excludes halogenated alkanes) is 1. The minimum Gasteiger partial charge on any atom is -0.330 e. The summed E-state index contributed by atoms with van der Waals surface area (Å²) in [4.78, 5) is 0. The standard InChI is InChI=1S/C10H13N3S/c11-6-2-1-3-8-4-5-9-10(7-8)14-13-12-9/h4-5,7H,1-3,6,11H2. The van der Waals surface area contributed by atoms with E-state index < -0.39 is 0 Å². The summed E-state index contributed by atoms with van der Waals surface area (Å²) >= 11 is 1.45. The zero-order chi connectivity index (χ0) is 9.80. The molecule has 0 spiro atoms. The van der Waals surface area contributed by atoms with Crippen LogP contribution < -0.4 is 5.73 Å². The molecule has 14 heavy (non-hydrogen) atoms. The van der Waals surface area contributed by atoms with Gasteiger partial charge in [-0.2, -0.15) is 0 Å². The van der Waals surface area contributed by atoms with Crippen LogP contribution in [0.1, 0.15) is 18.4 Å². The summed E-state index contributed by atoms with van der Waals surface area (Å²) in [6.07, 6.45) is 3.36. The summed E-state index contributed by atoms with van der Waals surface area (Å²) < 4.78 is 5.09. The summed E-state index contributed by atoms with van der Waals surface area (Å²) in [5.41, 5.74) is 7.80. The van der Waals surface area contributed by atoms with Gasteiger partial charge < -0.3 is 5.73 Å². The number of nitrogens with two attached hydrogens (primary N) is 1. The van der Waals surface area contributed by atoms with Crippen molar-refractivity contribution in [2.45, 2.75) is 19.3 Å². The average Bonchev–Trinajstić information content (AvgIpc) is 2.65. The van der Waals surface area contributed by atoms with Crippen LogP contribution in [0, 0.1) is 0 Å².